The third-order valence-corrected chi connectivity index (χ3v) is 4.75. The number of fused-ring (bicyclic) bond motifs is 2. The summed E-state index contributed by atoms with van der Waals surface area (Å²) >= 11 is 0. The molecule has 1 aliphatic heterocycles. The Morgan fingerprint density at radius 1 is 1.21 bits per heavy atom. The lowest BCUT2D eigenvalue weighted by Crippen LogP contribution is -2.29. The van der Waals surface area contributed by atoms with Crippen molar-refractivity contribution in [2.45, 2.75) is 6.04 Å². The molecule has 0 fully saturated rings. The first-order valence-electron chi connectivity index (χ1n) is 8.64. The zero-order valence-electron chi connectivity index (χ0n) is 15.4. The molecular formula is C18H15N7O4. The fourth-order valence-electron chi connectivity index (χ4n) is 3.48. The molecule has 3 aromatic heterocycles. The van der Waals surface area contributed by atoms with Gasteiger partial charge in [-0.3, -0.25) is 4.79 Å². The molecule has 29 heavy (non-hydrogen) atoms. The number of rotatable bonds is 4. The van der Waals surface area contributed by atoms with Gasteiger partial charge in [0.2, 0.25) is 5.95 Å². The van der Waals surface area contributed by atoms with Crippen molar-refractivity contribution < 1.29 is 13.9 Å². The van der Waals surface area contributed by atoms with Gasteiger partial charge in [0.05, 0.1) is 20.5 Å². The highest BCUT2D eigenvalue weighted by atomic mass is 16.5. The highest BCUT2D eigenvalue weighted by Gasteiger charge is 2.36. The second-order valence-corrected chi connectivity index (χ2v) is 6.25. The molecular weight excluding hydrogens is 378 g/mol. The Bertz CT molecular complexity index is 1250. The van der Waals surface area contributed by atoms with E-state index in [1.165, 1.54) is 6.26 Å². The van der Waals surface area contributed by atoms with Crippen LogP contribution in [-0.2, 0) is 0 Å². The molecule has 4 heterocycles. The summed E-state index contributed by atoms with van der Waals surface area (Å²) in [4.78, 5) is 12.6. The Labute approximate surface area is 163 Å². The van der Waals surface area contributed by atoms with Gasteiger partial charge in [-0.1, -0.05) is 5.10 Å². The average Bonchev–Trinajstić information content (AvgIpc) is 3.44. The molecule has 2 N–H and O–H groups in total. The van der Waals surface area contributed by atoms with Crippen molar-refractivity contribution in [3.63, 3.8) is 0 Å². The van der Waals surface area contributed by atoms with Crippen molar-refractivity contribution in [3.8, 4) is 23.0 Å². The Morgan fingerprint density at radius 3 is 2.86 bits per heavy atom. The van der Waals surface area contributed by atoms with E-state index >= 15 is 0 Å². The lowest BCUT2D eigenvalue weighted by molar-refractivity contribution is 0.392. The molecule has 0 bridgehead atoms. The van der Waals surface area contributed by atoms with Crippen LogP contribution in [0, 0.1) is 0 Å². The second kappa shape index (κ2) is 6.48. The number of aromatic amines is 1. The highest BCUT2D eigenvalue weighted by molar-refractivity contribution is 5.74. The zero-order valence-corrected chi connectivity index (χ0v) is 15.4. The van der Waals surface area contributed by atoms with E-state index in [2.05, 4.69) is 31.0 Å². The van der Waals surface area contributed by atoms with Crippen LogP contribution in [0.3, 0.4) is 0 Å². The number of tetrazole rings is 1. The number of ether oxygens (including phenoxy) is 2. The number of H-pyrrole nitrogens is 1. The van der Waals surface area contributed by atoms with Gasteiger partial charge in [-0.05, 0) is 40.8 Å². The normalized spacial score (nSPS) is 14.6. The SMILES string of the molecule is COc1ccc(OC)c([C@@H]2c3c(-c4ccco4)n[nH]c(=O)c3Nc3nnnn32)c1. The molecule has 0 amide bonds. The smallest absolute Gasteiger partial charge is 0.288 e. The minimum atomic E-state index is -0.615. The molecule has 0 aliphatic carbocycles. The van der Waals surface area contributed by atoms with Crippen molar-refractivity contribution in [2.24, 2.45) is 0 Å². The maximum Gasteiger partial charge on any atom is 0.288 e. The topological polar surface area (TPSA) is 133 Å². The van der Waals surface area contributed by atoms with Crippen LogP contribution in [0.5, 0.6) is 11.5 Å². The largest absolute Gasteiger partial charge is 0.497 e. The minimum absolute atomic E-state index is 0.281. The van der Waals surface area contributed by atoms with Crippen LogP contribution in [0.1, 0.15) is 17.2 Å². The standard InChI is InChI=1S/C18H15N7O4/c1-27-9-5-6-11(28-2)10(8-9)16-13-14(12-4-3-7-29-12)20-21-17(26)15(13)19-18-22-23-24-25(16)18/h3-8,16H,1-2H3,(H,21,26)(H,19,22,24)/t16-/m1/s1. The van der Waals surface area contributed by atoms with E-state index in [1.54, 1.807) is 43.2 Å². The van der Waals surface area contributed by atoms with Gasteiger partial charge in [0, 0.05) is 11.1 Å². The molecule has 5 rings (SSSR count). The summed E-state index contributed by atoms with van der Waals surface area (Å²) in [7, 11) is 3.14. The number of aromatic nitrogens is 6. The van der Waals surface area contributed by atoms with E-state index in [0.717, 1.165) is 0 Å². The molecule has 11 nitrogen and oxygen atoms in total. The summed E-state index contributed by atoms with van der Waals surface area (Å²) in [6.07, 6.45) is 1.54. The van der Waals surface area contributed by atoms with Gasteiger partial charge in [0.25, 0.3) is 5.56 Å². The molecule has 4 aromatic rings. The molecule has 0 radical (unpaired) electrons. The Balaban J connectivity index is 1.86. The van der Waals surface area contributed by atoms with Crippen LogP contribution in [0.2, 0.25) is 0 Å². The Hall–Kier alpha value is -4.15. The highest BCUT2D eigenvalue weighted by Crippen LogP contribution is 2.44. The van der Waals surface area contributed by atoms with Crippen molar-refractivity contribution in [3.05, 3.63) is 58.1 Å². The molecule has 11 heteroatoms. The van der Waals surface area contributed by atoms with Gasteiger partial charge < -0.3 is 19.2 Å². The molecule has 146 valence electrons. The fourth-order valence-corrected chi connectivity index (χ4v) is 3.48. The van der Waals surface area contributed by atoms with Crippen LogP contribution in [0.4, 0.5) is 11.6 Å². The molecule has 1 atom stereocenters. The average molecular weight is 393 g/mol. The van der Waals surface area contributed by atoms with Crippen LogP contribution in [0.25, 0.3) is 11.5 Å². The number of furan rings is 1. The van der Waals surface area contributed by atoms with E-state index in [4.69, 9.17) is 13.9 Å². The first-order chi connectivity index (χ1) is 14.2. The number of benzene rings is 1. The predicted octanol–water partition coefficient (Wildman–Crippen LogP) is 1.73. The lowest BCUT2D eigenvalue weighted by Gasteiger charge is -2.28. The molecule has 1 aromatic carbocycles. The number of hydrogen-bond donors (Lipinski definition) is 2. The summed E-state index contributed by atoms with van der Waals surface area (Å²) < 4.78 is 18.1. The number of anilines is 2. The van der Waals surface area contributed by atoms with Crippen molar-refractivity contribution in [1.29, 1.82) is 0 Å². The van der Waals surface area contributed by atoms with Crippen LogP contribution >= 0.6 is 0 Å². The summed E-state index contributed by atoms with van der Waals surface area (Å²) in [6.45, 7) is 0. The van der Waals surface area contributed by atoms with Gasteiger partial charge >= 0.3 is 0 Å². The monoisotopic (exact) mass is 393 g/mol. The van der Waals surface area contributed by atoms with Gasteiger partial charge in [0.15, 0.2) is 5.76 Å². The van der Waals surface area contributed by atoms with Crippen LogP contribution in [0.15, 0.2) is 45.8 Å². The van der Waals surface area contributed by atoms with E-state index in [1.807, 2.05) is 6.07 Å². The predicted molar refractivity (Wildman–Crippen MR) is 100 cm³/mol. The summed E-state index contributed by atoms with van der Waals surface area (Å²) in [5, 5.41) is 21.6. The van der Waals surface area contributed by atoms with E-state index in [9.17, 15) is 4.79 Å². The van der Waals surface area contributed by atoms with Crippen molar-refractivity contribution in [1.82, 2.24) is 30.4 Å². The number of nitrogens with zero attached hydrogens (tertiary/aromatic N) is 5. The summed E-state index contributed by atoms with van der Waals surface area (Å²) in [6, 6.07) is 8.28. The number of methoxy groups -OCH3 is 2. The van der Waals surface area contributed by atoms with Gasteiger partial charge in [-0.25, -0.2) is 5.10 Å². The van der Waals surface area contributed by atoms with Gasteiger partial charge in [0.1, 0.15) is 28.9 Å². The van der Waals surface area contributed by atoms with E-state index < -0.39 is 11.6 Å². The third-order valence-electron chi connectivity index (χ3n) is 4.75. The Kier molecular flexibility index (Phi) is 3.79. The van der Waals surface area contributed by atoms with Crippen molar-refractivity contribution >= 4 is 11.6 Å². The maximum absolute atomic E-state index is 12.6. The summed E-state index contributed by atoms with van der Waals surface area (Å²) in [5.41, 5.74) is 1.58. The number of nitrogens with one attached hydrogen (secondary N) is 2. The molecule has 1 aliphatic rings. The Morgan fingerprint density at radius 2 is 2.10 bits per heavy atom. The van der Waals surface area contributed by atoms with E-state index in [0.29, 0.717) is 40.0 Å². The van der Waals surface area contributed by atoms with E-state index in [-0.39, 0.29) is 5.69 Å². The summed E-state index contributed by atoms with van der Waals surface area (Å²) in [5.74, 6) is 2.00. The van der Waals surface area contributed by atoms with Crippen LogP contribution in [-0.4, -0.2) is 44.6 Å². The fraction of sp³-hybridized carbons (Fsp3) is 0.167. The second-order valence-electron chi connectivity index (χ2n) is 6.25. The first-order valence-corrected chi connectivity index (χ1v) is 8.64. The molecule has 0 spiro atoms. The third kappa shape index (κ3) is 2.55. The van der Waals surface area contributed by atoms with Gasteiger partial charge in [-0.2, -0.15) is 9.78 Å². The maximum atomic E-state index is 12.6. The molecule has 0 saturated heterocycles. The zero-order chi connectivity index (χ0) is 20.0. The van der Waals surface area contributed by atoms with Gasteiger partial charge in [-0.15, -0.1) is 0 Å². The molecule has 0 unspecified atom stereocenters. The minimum Gasteiger partial charge on any atom is -0.497 e. The lowest BCUT2D eigenvalue weighted by atomic mass is 9.93. The quantitative estimate of drug-likeness (QED) is 0.468. The molecule has 0 saturated carbocycles. The van der Waals surface area contributed by atoms with Crippen molar-refractivity contribution in [2.75, 3.05) is 19.5 Å². The van der Waals surface area contributed by atoms with Crippen LogP contribution < -0.4 is 20.3 Å². The number of hydrogen-bond acceptors (Lipinski definition) is 9. The first kappa shape index (κ1) is 17.0.